The molecule has 0 atom stereocenters. The maximum absolute atomic E-state index is 13.2. The molecule has 2 aromatic rings. The number of carbonyl (C=O) groups excluding carboxylic acids is 1. The second-order valence-electron chi connectivity index (χ2n) is 10.6. The SMILES string of the molecule is CC(C)(C)OC(=O)N1CCCc2nc(C3(c4cc(C5CCOCC5)cs4)CC3)[nH]c(=O)c2C1. The highest BCUT2D eigenvalue weighted by atomic mass is 32.1. The van der Waals surface area contributed by atoms with Gasteiger partial charge in [-0.05, 0) is 82.2 Å². The lowest BCUT2D eigenvalue weighted by Gasteiger charge is -2.26. The third-order valence-electron chi connectivity index (χ3n) is 6.93. The number of aromatic amines is 1. The Kier molecular flexibility index (Phi) is 5.85. The number of rotatable bonds is 3. The molecule has 2 aromatic heterocycles. The van der Waals surface area contributed by atoms with Crippen molar-refractivity contribution in [1.29, 1.82) is 0 Å². The predicted octanol–water partition coefficient (Wildman–Crippen LogP) is 4.49. The minimum atomic E-state index is -0.566. The average Bonchev–Trinajstić information content (AvgIpc) is 3.48. The number of hydrogen-bond donors (Lipinski definition) is 1. The molecule has 178 valence electrons. The summed E-state index contributed by atoms with van der Waals surface area (Å²) in [4.78, 5) is 36.8. The van der Waals surface area contributed by atoms with Crippen LogP contribution in [-0.4, -0.2) is 46.3 Å². The number of aryl methyl sites for hydroxylation is 1. The topological polar surface area (TPSA) is 84.5 Å². The van der Waals surface area contributed by atoms with E-state index in [4.69, 9.17) is 14.5 Å². The molecule has 3 aliphatic rings. The summed E-state index contributed by atoms with van der Waals surface area (Å²) >= 11 is 1.79. The first-order chi connectivity index (χ1) is 15.7. The van der Waals surface area contributed by atoms with E-state index in [1.54, 1.807) is 16.2 Å². The van der Waals surface area contributed by atoms with E-state index in [1.165, 1.54) is 10.4 Å². The summed E-state index contributed by atoms with van der Waals surface area (Å²) in [6.07, 6.45) is 5.24. The van der Waals surface area contributed by atoms with Gasteiger partial charge in [0.2, 0.25) is 0 Å². The zero-order chi connectivity index (χ0) is 23.2. The highest BCUT2D eigenvalue weighted by Crippen LogP contribution is 2.54. The van der Waals surface area contributed by atoms with E-state index in [0.29, 0.717) is 24.4 Å². The zero-order valence-corrected chi connectivity index (χ0v) is 20.6. The molecule has 1 amide bonds. The first kappa shape index (κ1) is 22.6. The molecular formula is C25H33N3O4S. The Morgan fingerprint density at radius 2 is 2.06 bits per heavy atom. The Hall–Kier alpha value is -2.19. The molecule has 8 heteroatoms. The van der Waals surface area contributed by atoms with E-state index < -0.39 is 5.60 Å². The molecule has 1 saturated carbocycles. The van der Waals surface area contributed by atoms with Crippen LogP contribution in [0.25, 0.3) is 0 Å². The van der Waals surface area contributed by atoms with Crippen molar-refractivity contribution in [2.24, 2.45) is 0 Å². The molecule has 0 radical (unpaired) electrons. The van der Waals surface area contributed by atoms with Crippen molar-refractivity contribution in [1.82, 2.24) is 14.9 Å². The van der Waals surface area contributed by atoms with E-state index in [1.807, 2.05) is 20.8 Å². The number of H-pyrrole nitrogens is 1. The molecular weight excluding hydrogens is 438 g/mol. The van der Waals surface area contributed by atoms with Gasteiger partial charge in [-0.15, -0.1) is 11.3 Å². The number of hydrogen-bond acceptors (Lipinski definition) is 6. The van der Waals surface area contributed by atoms with Crippen molar-refractivity contribution in [2.45, 2.75) is 82.8 Å². The van der Waals surface area contributed by atoms with Crippen molar-refractivity contribution in [3.8, 4) is 0 Å². The highest BCUT2D eigenvalue weighted by Gasteiger charge is 2.50. The smallest absolute Gasteiger partial charge is 0.410 e. The van der Waals surface area contributed by atoms with Crippen LogP contribution in [0.15, 0.2) is 16.2 Å². The van der Waals surface area contributed by atoms with E-state index in [0.717, 1.165) is 56.8 Å². The standard InChI is InChI=1S/C25H33N3O4S/c1-24(2,3)32-23(30)28-10-4-5-19-18(14-28)21(29)27-22(26-19)25(8-9-25)20-13-17(15-33-20)16-6-11-31-12-7-16/h13,15-16H,4-12,14H2,1-3H3,(H,26,27,29). The molecule has 0 aromatic carbocycles. The van der Waals surface area contributed by atoms with Crippen molar-refractivity contribution >= 4 is 17.4 Å². The first-order valence-corrected chi connectivity index (χ1v) is 12.9. The van der Waals surface area contributed by atoms with E-state index in [9.17, 15) is 9.59 Å². The fourth-order valence-corrected chi connectivity index (χ4v) is 6.16. The van der Waals surface area contributed by atoms with Crippen LogP contribution in [0.4, 0.5) is 4.79 Å². The van der Waals surface area contributed by atoms with E-state index in [-0.39, 0.29) is 23.6 Å². The van der Waals surface area contributed by atoms with Crippen LogP contribution in [0.2, 0.25) is 0 Å². The highest BCUT2D eigenvalue weighted by molar-refractivity contribution is 7.10. The molecule has 2 fully saturated rings. The van der Waals surface area contributed by atoms with Gasteiger partial charge in [-0.1, -0.05) is 0 Å². The number of nitrogens with zero attached hydrogens (tertiary/aromatic N) is 2. The Morgan fingerprint density at radius 3 is 2.76 bits per heavy atom. The number of thiophene rings is 1. The largest absolute Gasteiger partial charge is 0.444 e. The molecule has 0 spiro atoms. The maximum atomic E-state index is 13.2. The van der Waals surface area contributed by atoms with Gasteiger partial charge in [0.1, 0.15) is 11.4 Å². The molecule has 1 aliphatic carbocycles. The van der Waals surface area contributed by atoms with E-state index >= 15 is 0 Å². The zero-order valence-electron chi connectivity index (χ0n) is 19.7. The predicted molar refractivity (Wildman–Crippen MR) is 127 cm³/mol. The molecule has 1 N–H and O–H groups in total. The van der Waals surface area contributed by atoms with Gasteiger partial charge in [-0.2, -0.15) is 0 Å². The summed E-state index contributed by atoms with van der Waals surface area (Å²) in [5, 5.41) is 2.28. The number of carbonyl (C=O) groups is 1. The Balaban J connectivity index is 1.40. The number of fused-ring (bicyclic) bond motifs is 1. The Bertz CT molecular complexity index is 1090. The van der Waals surface area contributed by atoms with Crippen LogP contribution >= 0.6 is 11.3 Å². The van der Waals surface area contributed by atoms with Gasteiger partial charge in [0.25, 0.3) is 5.56 Å². The number of ether oxygens (including phenoxy) is 2. The van der Waals surface area contributed by atoms with Gasteiger partial charge in [0.15, 0.2) is 0 Å². The fourth-order valence-electron chi connectivity index (χ4n) is 4.90. The second-order valence-corrected chi connectivity index (χ2v) is 11.5. The summed E-state index contributed by atoms with van der Waals surface area (Å²) in [5.74, 6) is 1.36. The summed E-state index contributed by atoms with van der Waals surface area (Å²) in [7, 11) is 0. The molecule has 33 heavy (non-hydrogen) atoms. The van der Waals surface area contributed by atoms with Crippen molar-refractivity contribution in [3.05, 3.63) is 49.3 Å². The number of nitrogens with one attached hydrogen (secondary N) is 1. The lowest BCUT2D eigenvalue weighted by Crippen LogP contribution is -2.37. The molecule has 2 aliphatic heterocycles. The Morgan fingerprint density at radius 1 is 1.30 bits per heavy atom. The molecule has 0 unspecified atom stereocenters. The van der Waals surface area contributed by atoms with Gasteiger partial charge >= 0.3 is 6.09 Å². The molecule has 1 saturated heterocycles. The van der Waals surface area contributed by atoms with E-state index in [2.05, 4.69) is 16.4 Å². The molecule has 7 nitrogen and oxygen atoms in total. The first-order valence-electron chi connectivity index (χ1n) is 12.0. The van der Waals surface area contributed by atoms with Gasteiger partial charge < -0.3 is 19.4 Å². The number of aromatic nitrogens is 2. The fraction of sp³-hybridized carbons (Fsp3) is 0.640. The van der Waals surface area contributed by atoms with Crippen LogP contribution < -0.4 is 5.56 Å². The minimum absolute atomic E-state index is 0.127. The van der Waals surface area contributed by atoms with Crippen molar-refractivity contribution in [2.75, 3.05) is 19.8 Å². The lowest BCUT2D eigenvalue weighted by molar-refractivity contribution is 0.0236. The average molecular weight is 472 g/mol. The third-order valence-corrected chi connectivity index (χ3v) is 8.08. The molecule has 4 heterocycles. The minimum Gasteiger partial charge on any atom is -0.444 e. The Labute approximate surface area is 198 Å². The van der Waals surface area contributed by atoms with Gasteiger partial charge in [-0.25, -0.2) is 9.78 Å². The summed E-state index contributed by atoms with van der Waals surface area (Å²) in [5.41, 5.74) is 1.95. The monoisotopic (exact) mass is 471 g/mol. The van der Waals surface area contributed by atoms with Gasteiger partial charge in [-0.3, -0.25) is 4.79 Å². The summed E-state index contributed by atoms with van der Waals surface area (Å²) < 4.78 is 11.1. The van der Waals surface area contributed by atoms with Gasteiger partial charge in [0, 0.05) is 24.6 Å². The summed E-state index contributed by atoms with van der Waals surface area (Å²) in [6.45, 7) is 8.03. The van der Waals surface area contributed by atoms with Crippen LogP contribution in [0.1, 0.15) is 86.3 Å². The molecule has 5 rings (SSSR count). The van der Waals surface area contributed by atoms with Crippen molar-refractivity contribution < 1.29 is 14.3 Å². The van der Waals surface area contributed by atoms with Gasteiger partial charge in [0.05, 0.1) is 23.2 Å². The normalized spacial score (nSPS) is 20.8. The number of amides is 1. The summed E-state index contributed by atoms with van der Waals surface area (Å²) in [6, 6.07) is 2.34. The van der Waals surface area contributed by atoms with Crippen molar-refractivity contribution in [3.63, 3.8) is 0 Å². The quantitative estimate of drug-likeness (QED) is 0.713. The molecule has 0 bridgehead atoms. The second kappa shape index (κ2) is 8.55. The third kappa shape index (κ3) is 4.60. The maximum Gasteiger partial charge on any atom is 0.410 e. The van der Waals surface area contributed by atoms with Crippen LogP contribution in [0, 0.1) is 0 Å². The lowest BCUT2D eigenvalue weighted by atomic mass is 9.92. The van der Waals surface area contributed by atoms with Crippen LogP contribution in [0.3, 0.4) is 0 Å². The van der Waals surface area contributed by atoms with Crippen LogP contribution in [-0.2, 0) is 27.9 Å². The van der Waals surface area contributed by atoms with Crippen LogP contribution in [0.5, 0.6) is 0 Å².